The van der Waals surface area contributed by atoms with Crippen LogP contribution >= 0.6 is 0 Å². The van der Waals surface area contributed by atoms with Crippen molar-refractivity contribution in [3.05, 3.63) is 146 Å². The second-order valence-electron chi connectivity index (χ2n) is 14.8. The van der Waals surface area contributed by atoms with E-state index >= 15 is 0 Å². The van der Waals surface area contributed by atoms with Gasteiger partial charge in [0, 0.05) is 66.0 Å². The van der Waals surface area contributed by atoms with Crippen molar-refractivity contribution in [2.24, 2.45) is 0 Å². The van der Waals surface area contributed by atoms with Crippen LogP contribution < -0.4 is 0 Å². The molecule has 7 aromatic carbocycles. The molecular formula is C48H35N3O. The first-order chi connectivity index (χ1) is 25.8. The Labute approximate surface area is 299 Å². The van der Waals surface area contributed by atoms with Crippen molar-refractivity contribution in [3.63, 3.8) is 0 Å². The Morgan fingerprint density at radius 2 is 0.885 bits per heavy atom. The molecule has 4 aromatic heterocycles. The number of para-hydroxylation sites is 4. The molecule has 0 bridgehead atoms. The van der Waals surface area contributed by atoms with Gasteiger partial charge in [0.15, 0.2) is 0 Å². The number of fused-ring (bicyclic) bond motifs is 12. The van der Waals surface area contributed by atoms with Crippen LogP contribution in [0.15, 0.2) is 150 Å². The van der Waals surface area contributed by atoms with Crippen LogP contribution in [-0.2, 0) is 0 Å². The Bertz CT molecular complexity index is 3180. The summed E-state index contributed by atoms with van der Waals surface area (Å²) in [5.41, 5.74) is 11.7. The third kappa shape index (κ3) is 3.87. The third-order valence-electron chi connectivity index (χ3n) is 12.0. The van der Waals surface area contributed by atoms with E-state index in [1.165, 1.54) is 103 Å². The highest BCUT2D eigenvalue weighted by molar-refractivity contribution is 6.19. The SMILES string of the molecule is c1ccc2c(c1)oc1ccc(-n3c4ccc(-n5c6ccccc6c6ccccc65)cc4c4cc5c6ccccc6n(C6CCCCC6)c5cc43)cc12. The molecule has 4 nitrogen and oxygen atoms in total. The summed E-state index contributed by atoms with van der Waals surface area (Å²) in [4.78, 5) is 0. The summed E-state index contributed by atoms with van der Waals surface area (Å²) in [5, 5.41) is 10.0. The van der Waals surface area contributed by atoms with E-state index in [2.05, 4.69) is 153 Å². The molecule has 4 heteroatoms. The lowest BCUT2D eigenvalue weighted by molar-refractivity contribution is 0.367. The molecule has 4 heterocycles. The molecule has 248 valence electrons. The van der Waals surface area contributed by atoms with Crippen LogP contribution in [0.25, 0.3) is 98.7 Å². The van der Waals surface area contributed by atoms with Crippen LogP contribution in [0, 0.1) is 0 Å². The van der Waals surface area contributed by atoms with Crippen molar-refractivity contribution < 1.29 is 4.42 Å². The summed E-state index contributed by atoms with van der Waals surface area (Å²) >= 11 is 0. The molecule has 0 spiro atoms. The van der Waals surface area contributed by atoms with Gasteiger partial charge in [-0.2, -0.15) is 0 Å². The Morgan fingerprint density at radius 1 is 0.365 bits per heavy atom. The van der Waals surface area contributed by atoms with Crippen molar-refractivity contribution in [3.8, 4) is 11.4 Å². The molecule has 0 amide bonds. The van der Waals surface area contributed by atoms with Crippen molar-refractivity contribution in [1.82, 2.24) is 13.7 Å². The topological polar surface area (TPSA) is 27.9 Å². The van der Waals surface area contributed by atoms with Gasteiger partial charge in [-0.1, -0.05) is 92.1 Å². The fourth-order valence-corrected chi connectivity index (χ4v) is 9.70. The molecule has 0 N–H and O–H groups in total. The molecule has 11 aromatic rings. The van der Waals surface area contributed by atoms with E-state index in [0.29, 0.717) is 6.04 Å². The van der Waals surface area contributed by atoms with Crippen LogP contribution in [0.3, 0.4) is 0 Å². The number of hydrogen-bond donors (Lipinski definition) is 0. The van der Waals surface area contributed by atoms with E-state index < -0.39 is 0 Å². The standard InChI is InChI=1S/C48H35N3O/c1-2-12-30(13-3-1)49-43-20-10-6-16-35(43)38-28-39-37-26-31(50-41-18-8-4-14-33(41)34-15-5-9-19-42(34)50)22-24-44(37)51(46(39)29-45(38)49)32-23-25-48-40(27-32)36-17-7-11-21-47(36)52-48/h4-11,14-30H,1-3,12-13H2. The van der Waals surface area contributed by atoms with Gasteiger partial charge in [-0.05, 0) is 85.6 Å². The normalized spacial score (nSPS) is 14.5. The minimum Gasteiger partial charge on any atom is -0.456 e. The zero-order chi connectivity index (χ0) is 33.9. The van der Waals surface area contributed by atoms with Gasteiger partial charge in [0.2, 0.25) is 0 Å². The van der Waals surface area contributed by atoms with Crippen molar-refractivity contribution in [2.45, 2.75) is 38.1 Å². The zero-order valence-corrected chi connectivity index (χ0v) is 28.7. The molecule has 0 saturated heterocycles. The maximum Gasteiger partial charge on any atom is 0.135 e. The maximum atomic E-state index is 6.29. The summed E-state index contributed by atoms with van der Waals surface area (Å²) in [7, 11) is 0. The summed E-state index contributed by atoms with van der Waals surface area (Å²) in [6.45, 7) is 0. The minimum atomic E-state index is 0.516. The molecule has 52 heavy (non-hydrogen) atoms. The molecular weight excluding hydrogens is 635 g/mol. The summed E-state index contributed by atoms with van der Waals surface area (Å²) in [6.07, 6.45) is 6.41. The first kappa shape index (κ1) is 28.4. The highest BCUT2D eigenvalue weighted by Gasteiger charge is 2.24. The van der Waals surface area contributed by atoms with E-state index in [-0.39, 0.29) is 0 Å². The molecule has 0 atom stereocenters. The number of nitrogens with zero attached hydrogens (tertiary/aromatic N) is 3. The average Bonchev–Trinajstić information content (AvgIpc) is 3.93. The largest absolute Gasteiger partial charge is 0.456 e. The van der Waals surface area contributed by atoms with Gasteiger partial charge in [0.1, 0.15) is 11.2 Å². The number of hydrogen-bond acceptors (Lipinski definition) is 1. The lowest BCUT2D eigenvalue weighted by Gasteiger charge is -2.25. The van der Waals surface area contributed by atoms with Gasteiger partial charge in [-0.15, -0.1) is 0 Å². The van der Waals surface area contributed by atoms with E-state index in [1.807, 2.05) is 6.07 Å². The molecule has 0 unspecified atom stereocenters. The summed E-state index contributed by atoms with van der Waals surface area (Å²) < 4.78 is 13.9. The molecule has 1 aliphatic carbocycles. The number of benzene rings is 7. The van der Waals surface area contributed by atoms with Crippen LogP contribution in [0.2, 0.25) is 0 Å². The lowest BCUT2D eigenvalue weighted by atomic mass is 9.95. The third-order valence-corrected chi connectivity index (χ3v) is 12.0. The van der Waals surface area contributed by atoms with E-state index in [9.17, 15) is 0 Å². The minimum absolute atomic E-state index is 0.516. The fraction of sp³-hybridized carbons (Fsp3) is 0.125. The molecule has 1 saturated carbocycles. The smallest absolute Gasteiger partial charge is 0.135 e. The summed E-state index contributed by atoms with van der Waals surface area (Å²) in [6, 6.07) is 54.3. The van der Waals surface area contributed by atoms with Crippen LogP contribution in [0.4, 0.5) is 0 Å². The predicted molar refractivity (Wildman–Crippen MR) is 218 cm³/mol. The second kappa shape index (κ2) is 10.6. The highest BCUT2D eigenvalue weighted by atomic mass is 16.3. The Hall–Kier alpha value is -6.26. The first-order valence-electron chi connectivity index (χ1n) is 18.7. The van der Waals surface area contributed by atoms with Crippen LogP contribution in [0.1, 0.15) is 38.1 Å². The number of aromatic nitrogens is 3. The quantitative estimate of drug-likeness (QED) is 0.184. The van der Waals surface area contributed by atoms with E-state index in [4.69, 9.17) is 4.42 Å². The van der Waals surface area contributed by atoms with Gasteiger partial charge >= 0.3 is 0 Å². The predicted octanol–water partition coefficient (Wildman–Crippen LogP) is 13.4. The van der Waals surface area contributed by atoms with Gasteiger partial charge < -0.3 is 18.1 Å². The Balaban J connectivity index is 1.20. The van der Waals surface area contributed by atoms with Gasteiger partial charge in [-0.3, -0.25) is 0 Å². The molecule has 0 radical (unpaired) electrons. The highest BCUT2D eigenvalue weighted by Crippen LogP contribution is 2.43. The van der Waals surface area contributed by atoms with Crippen molar-refractivity contribution in [2.75, 3.05) is 0 Å². The maximum absolute atomic E-state index is 6.29. The molecule has 0 aliphatic heterocycles. The monoisotopic (exact) mass is 669 g/mol. The lowest BCUT2D eigenvalue weighted by Crippen LogP contribution is -2.12. The Morgan fingerprint density at radius 3 is 1.63 bits per heavy atom. The van der Waals surface area contributed by atoms with Gasteiger partial charge in [0.05, 0.1) is 27.6 Å². The second-order valence-corrected chi connectivity index (χ2v) is 14.8. The Kier molecular flexibility index (Phi) is 5.81. The number of furan rings is 1. The zero-order valence-electron chi connectivity index (χ0n) is 28.7. The fourth-order valence-electron chi connectivity index (χ4n) is 9.70. The molecule has 1 aliphatic rings. The number of rotatable bonds is 3. The van der Waals surface area contributed by atoms with E-state index in [0.717, 1.165) is 27.6 Å². The first-order valence-corrected chi connectivity index (χ1v) is 18.7. The van der Waals surface area contributed by atoms with Crippen molar-refractivity contribution >= 4 is 87.4 Å². The summed E-state index contributed by atoms with van der Waals surface area (Å²) in [5.74, 6) is 0. The van der Waals surface area contributed by atoms with Crippen molar-refractivity contribution in [1.29, 1.82) is 0 Å². The van der Waals surface area contributed by atoms with Gasteiger partial charge in [0.25, 0.3) is 0 Å². The molecule has 1 fully saturated rings. The molecule has 12 rings (SSSR count). The van der Waals surface area contributed by atoms with E-state index in [1.54, 1.807) is 0 Å². The van der Waals surface area contributed by atoms with Crippen LogP contribution in [-0.4, -0.2) is 13.7 Å². The average molecular weight is 670 g/mol. The van der Waals surface area contributed by atoms with Gasteiger partial charge in [-0.25, -0.2) is 0 Å². The van der Waals surface area contributed by atoms with Crippen LogP contribution in [0.5, 0.6) is 0 Å².